The van der Waals surface area contributed by atoms with Crippen molar-refractivity contribution in [1.82, 2.24) is 10.6 Å². The van der Waals surface area contributed by atoms with Crippen molar-refractivity contribution in [3.05, 3.63) is 20.8 Å². The highest BCUT2D eigenvalue weighted by Gasteiger charge is 2.15. The van der Waals surface area contributed by atoms with Crippen LogP contribution in [0.2, 0.25) is 0 Å². The molecule has 0 bridgehead atoms. The lowest BCUT2D eigenvalue weighted by Gasteiger charge is -2.23. The van der Waals surface area contributed by atoms with Crippen molar-refractivity contribution in [2.24, 2.45) is 0 Å². The molecule has 1 aliphatic heterocycles. The second-order valence-electron chi connectivity index (χ2n) is 2.85. The molecule has 1 aromatic heterocycles. The van der Waals surface area contributed by atoms with Crippen LogP contribution >= 0.6 is 39.7 Å². The van der Waals surface area contributed by atoms with E-state index in [0.717, 1.165) is 19.6 Å². The van der Waals surface area contributed by atoms with Crippen molar-refractivity contribution >= 4 is 39.7 Å². The lowest BCUT2D eigenvalue weighted by molar-refractivity contribution is 0.435. The molecular weight excluding hydrogens is 272 g/mol. The minimum Gasteiger partial charge on any atom is -0.314 e. The molecule has 1 fully saturated rings. The molecule has 5 heteroatoms. The van der Waals surface area contributed by atoms with E-state index in [1.807, 2.05) is 11.3 Å². The quantitative estimate of drug-likeness (QED) is 0.825. The number of hydrogen-bond donors (Lipinski definition) is 2. The zero-order valence-electron chi connectivity index (χ0n) is 7.05. The Morgan fingerprint density at radius 1 is 1.38 bits per heavy atom. The van der Waals surface area contributed by atoms with Crippen molar-refractivity contribution in [3.63, 3.8) is 0 Å². The number of halogens is 2. The third-order valence-electron chi connectivity index (χ3n) is 1.98. The zero-order valence-corrected chi connectivity index (χ0v) is 10.3. The van der Waals surface area contributed by atoms with Crippen LogP contribution in [0.15, 0.2) is 15.9 Å². The summed E-state index contributed by atoms with van der Waals surface area (Å²) in [5, 5.41) is 6.85. The second-order valence-corrected chi connectivity index (χ2v) is 5.35. The molecule has 1 aromatic rings. The normalized spacial score (nSPS) is 22.4. The maximum atomic E-state index is 3.48. The van der Waals surface area contributed by atoms with Gasteiger partial charge >= 0.3 is 0 Å². The van der Waals surface area contributed by atoms with Gasteiger partial charge in [-0.25, -0.2) is 0 Å². The average Bonchev–Trinajstić information content (AvgIpc) is 2.54. The van der Waals surface area contributed by atoms with Gasteiger partial charge in [0.05, 0.1) is 9.83 Å². The summed E-state index contributed by atoms with van der Waals surface area (Å²) in [6, 6.07) is 4.80. The first-order chi connectivity index (χ1) is 5.86. The Balaban J connectivity index is 0.000000845. The van der Waals surface area contributed by atoms with Crippen LogP contribution in [0.4, 0.5) is 0 Å². The topological polar surface area (TPSA) is 24.1 Å². The summed E-state index contributed by atoms with van der Waals surface area (Å²) in [6.07, 6.45) is 0. The van der Waals surface area contributed by atoms with Gasteiger partial charge in [-0.05, 0) is 28.1 Å². The molecule has 1 saturated heterocycles. The van der Waals surface area contributed by atoms with Crippen molar-refractivity contribution in [3.8, 4) is 0 Å². The van der Waals surface area contributed by atoms with Crippen LogP contribution in [0.1, 0.15) is 10.9 Å². The van der Waals surface area contributed by atoms with Gasteiger partial charge in [0.15, 0.2) is 0 Å². The van der Waals surface area contributed by atoms with Gasteiger partial charge in [-0.2, -0.15) is 0 Å². The van der Waals surface area contributed by atoms with Gasteiger partial charge in [0.1, 0.15) is 0 Å². The second kappa shape index (κ2) is 5.32. The van der Waals surface area contributed by atoms with Crippen LogP contribution in [-0.2, 0) is 0 Å². The van der Waals surface area contributed by atoms with E-state index in [2.05, 4.69) is 38.7 Å². The number of hydrogen-bond acceptors (Lipinski definition) is 3. The Morgan fingerprint density at radius 2 is 2.23 bits per heavy atom. The smallest absolute Gasteiger partial charge is 0.0702 e. The number of rotatable bonds is 1. The van der Waals surface area contributed by atoms with Gasteiger partial charge in [0.25, 0.3) is 0 Å². The molecule has 1 aliphatic rings. The predicted molar refractivity (Wildman–Crippen MR) is 62.9 cm³/mol. The molecule has 0 unspecified atom stereocenters. The van der Waals surface area contributed by atoms with Crippen LogP contribution in [0, 0.1) is 0 Å². The minimum atomic E-state index is 0. The minimum absolute atomic E-state index is 0. The van der Waals surface area contributed by atoms with Crippen LogP contribution in [0.5, 0.6) is 0 Å². The highest BCUT2D eigenvalue weighted by atomic mass is 79.9. The first kappa shape index (κ1) is 11.5. The summed E-state index contributed by atoms with van der Waals surface area (Å²) in [5.74, 6) is 0. The fraction of sp³-hybridized carbons (Fsp3) is 0.500. The van der Waals surface area contributed by atoms with Crippen molar-refractivity contribution in [2.75, 3.05) is 19.6 Å². The SMILES string of the molecule is Brc1ccc([C@@H]2CNCCN2)s1.Cl. The van der Waals surface area contributed by atoms with Gasteiger partial charge in [-0.15, -0.1) is 23.7 Å². The maximum absolute atomic E-state index is 3.48. The van der Waals surface area contributed by atoms with Gasteiger partial charge in [0, 0.05) is 24.5 Å². The summed E-state index contributed by atoms with van der Waals surface area (Å²) in [4.78, 5) is 1.41. The average molecular weight is 284 g/mol. The van der Waals surface area contributed by atoms with E-state index in [1.165, 1.54) is 8.66 Å². The van der Waals surface area contributed by atoms with E-state index in [1.54, 1.807) is 0 Å². The van der Waals surface area contributed by atoms with E-state index < -0.39 is 0 Å². The van der Waals surface area contributed by atoms with Crippen LogP contribution in [-0.4, -0.2) is 19.6 Å². The number of piperazine rings is 1. The fourth-order valence-corrected chi connectivity index (χ4v) is 2.87. The molecule has 2 nitrogen and oxygen atoms in total. The first-order valence-corrected chi connectivity index (χ1v) is 5.66. The van der Waals surface area contributed by atoms with Gasteiger partial charge in [-0.3, -0.25) is 0 Å². The molecule has 13 heavy (non-hydrogen) atoms. The molecule has 74 valence electrons. The molecule has 1 atom stereocenters. The summed E-state index contributed by atoms with van der Waals surface area (Å²) in [5.41, 5.74) is 0. The van der Waals surface area contributed by atoms with E-state index in [-0.39, 0.29) is 12.4 Å². The van der Waals surface area contributed by atoms with E-state index in [0.29, 0.717) is 6.04 Å². The van der Waals surface area contributed by atoms with Gasteiger partial charge in [-0.1, -0.05) is 0 Å². The van der Waals surface area contributed by atoms with E-state index in [4.69, 9.17) is 0 Å². The van der Waals surface area contributed by atoms with E-state index in [9.17, 15) is 0 Å². The number of nitrogens with one attached hydrogen (secondary N) is 2. The highest BCUT2D eigenvalue weighted by Crippen LogP contribution is 2.27. The van der Waals surface area contributed by atoms with Gasteiger partial charge < -0.3 is 10.6 Å². The standard InChI is InChI=1S/C8H11BrN2S.ClH/c9-8-2-1-7(12-8)6-5-10-3-4-11-6;/h1-2,6,10-11H,3-5H2;1H/t6-;/m0./s1. The fourth-order valence-electron chi connectivity index (χ4n) is 1.37. The molecule has 2 rings (SSSR count). The Kier molecular flexibility index (Phi) is 4.69. The molecule has 0 aliphatic carbocycles. The Labute approximate surface area is 96.6 Å². The summed E-state index contributed by atoms with van der Waals surface area (Å²) in [7, 11) is 0. The Hall–Kier alpha value is 0.390. The van der Waals surface area contributed by atoms with Gasteiger partial charge in [0.2, 0.25) is 0 Å². The van der Waals surface area contributed by atoms with Crippen LogP contribution < -0.4 is 10.6 Å². The lowest BCUT2D eigenvalue weighted by Crippen LogP contribution is -2.42. The van der Waals surface area contributed by atoms with Crippen molar-refractivity contribution < 1.29 is 0 Å². The molecule has 0 amide bonds. The molecular formula is C8H12BrClN2S. The van der Waals surface area contributed by atoms with Crippen LogP contribution in [0.3, 0.4) is 0 Å². The molecule has 0 spiro atoms. The number of thiophene rings is 1. The molecule has 2 heterocycles. The Morgan fingerprint density at radius 3 is 2.77 bits per heavy atom. The summed E-state index contributed by atoms with van der Waals surface area (Å²) in [6.45, 7) is 3.20. The largest absolute Gasteiger partial charge is 0.314 e. The molecule has 0 radical (unpaired) electrons. The molecule has 2 N–H and O–H groups in total. The zero-order chi connectivity index (χ0) is 8.39. The third-order valence-corrected chi connectivity index (χ3v) is 3.72. The maximum Gasteiger partial charge on any atom is 0.0702 e. The summed E-state index contributed by atoms with van der Waals surface area (Å²) < 4.78 is 1.21. The van der Waals surface area contributed by atoms with Crippen LogP contribution in [0.25, 0.3) is 0 Å². The third kappa shape index (κ3) is 2.92. The lowest BCUT2D eigenvalue weighted by atomic mass is 10.2. The summed E-state index contributed by atoms with van der Waals surface area (Å²) >= 11 is 5.28. The first-order valence-electron chi connectivity index (χ1n) is 4.05. The highest BCUT2D eigenvalue weighted by molar-refractivity contribution is 9.11. The van der Waals surface area contributed by atoms with Crippen molar-refractivity contribution in [2.45, 2.75) is 6.04 Å². The predicted octanol–water partition coefficient (Wildman–Crippen LogP) is 2.17. The monoisotopic (exact) mass is 282 g/mol. The van der Waals surface area contributed by atoms with Crippen molar-refractivity contribution in [1.29, 1.82) is 0 Å². The van der Waals surface area contributed by atoms with E-state index >= 15 is 0 Å². The Bertz CT molecular complexity index is 260. The molecule has 0 saturated carbocycles. The molecule has 0 aromatic carbocycles.